The Labute approximate surface area is 209 Å². The number of hydrogen-bond acceptors (Lipinski definition) is 8. The molecule has 0 aliphatic rings. The van der Waals surface area contributed by atoms with Crippen LogP contribution < -0.4 is 18.9 Å². The summed E-state index contributed by atoms with van der Waals surface area (Å²) in [5.74, 6) is 2.88. The van der Waals surface area contributed by atoms with Crippen LogP contribution in [-0.4, -0.2) is 38.4 Å². The van der Waals surface area contributed by atoms with E-state index in [-0.39, 0.29) is 26.4 Å². The molecule has 3 aromatic carbocycles. The van der Waals surface area contributed by atoms with E-state index in [9.17, 15) is 9.59 Å². The third-order valence-electron chi connectivity index (χ3n) is 4.47. The summed E-state index contributed by atoms with van der Waals surface area (Å²) in [5.41, 5.74) is 0. The first-order valence-electron chi connectivity index (χ1n) is 11.1. The molecule has 3 aromatic rings. The fourth-order valence-corrected chi connectivity index (χ4v) is 2.78. The van der Waals surface area contributed by atoms with Gasteiger partial charge in [-0.3, -0.25) is 0 Å². The maximum Gasteiger partial charge on any atom is 0.330 e. The van der Waals surface area contributed by atoms with Crippen LogP contribution in [0.5, 0.6) is 34.5 Å². The standard InChI is InChI=1S/C28H26O8/c1-3-27(29)33-19-17-31-21-5-9-23(10-6-21)35-25-13-15-26(16-14-25)36-24-11-7-22(8-12-24)32-18-20-34-28(30)4-2/h3-16H,1-2,17-20H2. The van der Waals surface area contributed by atoms with Gasteiger partial charge in [0.05, 0.1) is 0 Å². The van der Waals surface area contributed by atoms with Crippen LogP contribution in [0, 0.1) is 0 Å². The Hall–Kier alpha value is -4.72. The molecular weight excluding hydrogens is 464 g/mol. The van der Waals surface area contributed by atoms with Crippen LogP contribution in [0.2, 0.25) is 0 Å². The predicted molar refractivity (Wildman–Crippen MR) is 133 cm³/mol. The molecule has 0 saturated heterocycles. The summed E-state index contributed by atoms with van der Waals surface area (Å²) >= 11 is 0. The van der Waals surface area contributed by atoms with Crippen molar-refractivity contribution in [2.45, 2.75) is 0 Å². The fourth-order valence-electron chi connectivity index (χ4n) is 2.78. The maximum atomic E-state index is 11.0. The van der Waals surface area contributed by atoms with E-state index in [2.05, 4.69) is 13.2 Å². The molecule has 0 aliphatic heterocycles. The Bertz CT molecular complexity index is 1040. The average Bonchev–Trinajstić information content (AvgIpc) is 2.91. The summed E-state index contributed by atoms with van der Waals surface area (Å²) in [4.78, 5) is 22.0. The molecule has 0 N–H and O–H groups in total. The van der Waals surface area contributed by atoms with Gasteiger partial charge >= 0.3 is 11.9 Å². The quantitative estimate of drug-likeness (QED) is 0.167. The molecule has 0 atom stereocenters. The molecule has 36 heavy (non-hydrogen) atoms. The molecule has 0 heterocycles. The van der Waals surface area contributed by atoms with Crippen molar-refractivity contribution in [3.8, 4) is 34.5 Å². The highest BCUT2D eigenvalue weighted by atomic mass is 16.6. The van der Waals surface area contributed by atoms with Crippen molar-refractivity contribution in [3.63, 3.8) is 0 Å². The Morgan fingerprint density at radius 2 is 0.778 bits per heavy atom. The fraction of sp³-hybridized carbons (Fsp3) is 0.143. The number of rotatable bonds is 14. The van der Waals surface area contributed by atoms with E-state index in [1.165, 1.54) is 0 Å². The lowest BCUT2D eigenvalue weighted by molar-refractivity contribution is -0.139. The van der Waals surface area contributed by atoms with Gasteiger partial charge in [-0.15, -0.1) is 0 Å². The van der Waals surface area contributed by atoms with E-state index >= 15 is 0 Å². The molecule has 8 nitrogen and oxygen atoms in total. The minimum absolute atomic E-state index is 0.143. The molecule has 0 radical (unpaired) electrons. The number of carbonyl (C=O) groups is 2. The Morgan fingerprint density at radius 3 is 1.06 bits per heavy atom. The summed E-state index contributed by atoms with van der Waals surface area (Å²) in [6.07, 6.45) is 2.21. The first kappa shape index (κ1) is 25.9. The highest BCUT2D eigenvalue weighted by molar-refractivity contribution is 5.81. The number of carbonyl (C=O) groups excluding carboxylic acids is 2. The van der Waals surface area contributed by atoms with Crippen LogP contribution in [0.25, 0.3) is 0 Å². The van der Waals surface area contributed by atoms with Crippen molar-refractivity contribution in [3.05, 3.63) is 98.1 Å². The molecule has 0 saturated carbocycles. The van der Waals surface area contributed by atoms with Crippen LogP contribution >= 0.6 is 0 Å². The number of esters is 2. The monoisotopic (exact) mass is 490 g/mol. The highest BCUT2D eigenvalue weighted by Gasteiger charge is 2.03. The van der Waals surface area contributed by atoms with Crippen molar-refractivity contribution >= 4 is 11.9 Å². The zero-order valence-electron chi connectivity index (χ0n) is 19.6. The predicted octanol–water partition coefficient (Wildman–Crippen LogP) is 5.49. The molecule has 3 rings (SSSR count). The summed E-state index contributed by atoms with van der Waals surface area (Å²) in [5, 5.41) is 0. The molecular formula is C28H26O8. The van der Waals surface area contributed by atoms with E-state index in [0.717, 1.165) is 12.2 Å². The molecule has 0 fully saturated rings. The summed E-state index contributed by atoms with van der Waals surface area (Å²) < 4.78 is 32.4. The third-order valence-corrected chi connectivity index (χ3v) is 4.47. The van der Waals surface area contributed by atoms with Crippen molar-refractivity contribution < 1.29 is 38.0 Å². The van der Waals surface area contributed by atoms with Crippen LogP contribution in [0.1, 0.15) is 0 Å². The van der Waals surface area contributed by atoms with Crippen LogP contribution in [-0.2, 0) is 19.1 Å². The molecule has 186 valence electrons. The average molecular weight is 491 g/mol. The second-order valence-corrected chi connectivity index (χ2v) is 7.06. The Balaban J connectivity index is 1.42. The van der Waals surface area contributed by atoms with Crippen molar-refractivity contribution in [1.29, 1.82) is 0 Å². The van der Waals surface area contributed by atoms with E-state index < -0.39 is 11.9 Å². The van der Waals surface area contributed by atoms with Gasteiger partial charge in [0.2, 0.25) is 0 Å². The minimum Gasteiger partial charge on any atom is -0.490 e. The van der Waals surface area contributed by atoms with Gasteiger partial charge in [-0.25, -0.2) is 9.59 Å². The zero-order chi connectivity index (χ0) is 25.6. The van der Waals surface area contributed by atoms with Gasteiger partial charge < -0.3 is 28.4 Å². The van der Waals surface area contributed by atoms with Gasteiger partial charge in [-0.1, -0.05) is 13.2 Å². The molecule has 0 amide bonds. The molecule has 0 unspecified atom stereocenters. The smallest absolute Gasteiger partial charge is 0.330 e. The number of benzene rings is 3. The van der Waals surface area contributed by atoms with Crippen molar-refractivity contribution in [2.24, 2.45) is 0 Å². The molecule has 8 heteroatoms. The third kappa shape index (κ3) is 8.90. The summed E-state index contributed by atoms with van der Waals surface area (Å²) in [6, 6.07) is 21.4. The van der Waals surface area contributed by atoms with Gasteiger partial charge in [-0.2, -0.15) is 0 Å². The van der Waals surface area contributed by atoms with E-state index in [0.29, 0.717) is 34.5 Å². The second-order valence-electron chi connectivity index (χ2n) is 7.06. The SMILES string of the molecule is C=CC(=O)OCCOc1ccc(Oc2ccc(Oc3ccc(OCCOC(=O)C=C)cc3)cc2)cc1. The van der Waals surface area contributed by atoms with Crippen molar-refractivity contribution in [1.82, 2.24) is 0 Å². The van der Waals surface area contributed by atoms with Gasteiger partial charge in [-0.05, 0) is 72.8 Å². The molecule has 0 aliphatic carbocycles. The lowest BCUT2D eigenvalue weighted by Crippen LogP contribution is -2.10. The summed E-state index contributed by atoms with van der Waals surface area (Å²) in [6.45, 7) is 7.43. The first-order chi connectivity index (χ1) is 17.6. The number of hydrogen-bond donors (Lipinski definition) is 0. The first-order valence-corrected chi connectivity index (χ1v) is 11.1. The van der Waals surface area contributed by atoms with Gasteiger partial charge in [0.25, 0.3) is 0 Å². The van der Waals surface area contributed by atoms with E-state index in [1.54, 1.807) is 72.8 Å². The van der Waals surface area contributed by atoms with Gasteiger partial charge in [0.15, 0.2) is 0 Å². The largest absolute Gasteiger partial charge is 0.490 e. The van der Waals surface area contributed by atoms with Crippen LogP contribution in [0.4, 0.5) is 0 Å². The minimum atomic E-state index is -0.483. The highest BCUT2D eigenvalue weighted by Crippen LogP contribution is 2.28. The van der Waals surface area contributed by atoms with Crippen molar-refractivity contribution in [2.75, 3.05) is 26.4 Å². The van der Waals surface area contributed by atoms with Crippen LogP contribution in [0.3, 0.4) is 0 Å². The molecule has 0 bridgehead atoms. The van der Waals surface area contributed by atoms with Crippen LogP contribution in [0.15, 0.2) is 98.1 Å². The topological polar surface area (TPSA) is 89.5 Å². The lowest BCUT2D eigenvalue weighted by Gasteiger charge is -2.10. The normalized spacial score (nSPS) is 10.0. The zero-order valence-corrected chi connectivity index (χ0v) is 19.6. The van der Waals surface area contributed by atoms with E-state index in [1.807, 2.05) is 0 Å². The lowest BCUT2D eigenvalue weighted by atomic mass is 10.3. The van der Waals surface area contributed by atoms with Gasteiger partial charge in [0.1, 0.15) is 60.9 Å². The molecule has 0 spiro atoms. The Morgan fingerprint density at radius 1 is 0.500 bits per heavy atom. The second kappa shape index (κ2) is 13.9. The van der Waals surface area contributed by atoms with E-state index in [4.69, 9.17) is 28.4 Å². The summed E-state index contributed by atoms with van der Waals surface area (Å²) in [7, 11) is 0. The Kier molecular flexibility index (Phi) is 9.97. The number of ether oxygens (including phenoxy) is 6. The van der Waals surface area contributed by atoms with Gasteiger partial charge in [0, 0.05) is 12.2 Å². The maximum absolute atomic E-state index is 11.0. The molecule has 0 aromatic heterocycles.